The Morgan fingerprint density at radius 3 is 2.30 bits per heavy atom. The molecular formula is C24H19N3O3. The van der Waals surface area contributed by atoms with E-state index in [-0.39, 0.29) is 5.91 Å². The van der Waals surface area contributed by atoms with E-state index in [2.05, 4.69) is 15.5 Å². The molecule has 0 saturated heterocycles. The molecule has 148 valence electrons. The number of rotatable bonds is 6. The van der Waals surface area contributed by atoms with Gasteiger partial charge in [0.25, 0.3) is 5.91 Å². The van der Waals surface area contributed by atoms with Crippen molar-refractivity contribution in [1.82, 2.24) is 10.2 Å². The number of nitrogens with zero attached hydrogens (tertiary/aromatic N) is 2. The minimum absolute atomic E-state index is 0.209. The van der Waals surface area contributed by atoms with Gasteiger partial charge in [0.1, 0.15) is 11.5 Å². The number of nitrogens with one attached hydrogen (secondary N) is 1. The van der Waals surface area contributed by atoms with Crippen LogP contribution in [0.15, 0.2) is 91.0 Å². The van der Waals surface area contributed by atoms with Crippen LogP contribution >= 0.6 is 0 Å². The van der Waals surface area contributed by atoms with E-state index >= 15 is 0 Å². The molecule has 4 rings (SSSR count). The molecule has 0 aliphatic carbocycles. The highest BCUT2D eigenvalue weighted by atomic mass is 16.5. The van der Waals surface area contributed by atoms with Crippen molar-refractivity contribution in [3.8, 4) is 28.6 Å². The summed E-state index contributed by atoms with van der Waals surface area (Å²) in [7, 11) is 1.60. The first-order chi connectivity index (χ1) is 14.7. The molecule has 0 atom stereocenters. The van der Waals surface area contributed by atoms with Gasteiger partial charge in [-0.3, -0.25) is 4.79 Å². The van der Waals surface area contributed by atoms with Crippen molar-refractivity contribution in [2.75, 3.05) is 12.4 Å². The van der Waals surface area contributed by atoms with E-state index in [0.717, 1.165) is 11.3 Å². The Morgan fingerprint density at radius 1 is 0.800 bits per heavy atom. The van der Waals surface area contributed by atoms with Gasteiger partial charge in [-0.1, -0.05) is 30.3 Å². The van der Waals surface area contributed by atoms with Crippen LogP contribution in [0.5, 0.6) is 17.4 Å². The predicted molar refractivity (Wildman–Crippen MR) is 115 cm³/mol. The Bertz CT molecular complexity index is 1130. The summed E-state index contributed by atoms with van der Waals surface area (Å²) in [5.74, 6) is 1.61. The standard InChI is InChI=1S/C24H19N3O3/c1-29-20-12-10-19(11-13-20)25-24(28)18-7-5-6-17(16-18)22-14-15-23(27-26-22)30-21-8-3-2-4-9-21/h2-16H,1H3,(H,25,28). The van der Waals surface area contributed by atoms with E-state index in [1.165, 1.54) is 0 Å². The Balaban J connectivity index is 1.47. The van der Waals surface area contributed by atoms with Crippen LogP contribution in [0, 0.1) is 0 Å². The summed E-state index contributed by atoms with van der Waals surface area (Å²) in [6, 6.07) is 27.3. The maximum Gasteiger partial charge on any atom is 0.255 e. The van der Waals surface area contributed by atoms with Crippen LogP contribution in [0.4, 0.5) is 5.69 Å². The summed E-state index contributed by atoms with van der Waals surface area (Å²) in [6.07, 6.45) is 0. The fourth-order valence-corrected chi connectivity index (χ4v) is 2.84. The van der Waals surface area contributed by atoms with Crippen molar-refractivity contribution >= 4 is 11.6 Å². The van der Waals surface area contributed by atoms with Gasteiger partial charge in [-0.2, -0.15) is 0 Å². The fraction of sp³-hybridized carbons (Fsp3) is 0.0417. The lowest BCUT2D eigenvalue weighted by molar-refractivity contribution is 0.102. The summed E-state index contributed by atoms with van der Waals surface area (Å²) in [5, 5.41) is 11.2. The molecule has 0 fully saturated rings. The van der Waals surface area contributed by atoms with Crippen molar-refractivity contribution in [1.29, 1.82) is 0 Å². The highest BCUT2D eigenvalue weighted by Crippen LogP contribution is 2.23. The molecule has 0 aliphatic rings. The molecule has 0 bridgehead atoms. The average Bonchev–Trinajstić information content (AvgIpc) is 2.81. The van der Waals surface area contributed by atoms with E-state index < -0.39 is 0 Å². The molecule has 3 aromatic carbocycles. The number of amides is 1. The Kier molecular flexibility index (Phi) is 5.66. The van der Waals surface area contributed by atoms with Gasteiger partial charge in [-0.25, -0.2) is 0 Å². The summed E-state index contributed by atoms with van der Waals surface area (Å²) >= 11 is 0. The van der Waals surface area contributed by atoms with Crippen molar-refractivity contribution in [3.05, 3.63) is 96.6 Å². The van der Waals surface area contributed by atoms with Gasteiger partial charge >= 0.3 is 0 Å². The minimum atomic E-state index is -0.209. The number of ether oxygens (including phenoxy) is 2. The van der Waals surface area contributed by atoms with E-state index in [1.54, 1.807) is 49.6 Å². The van der Waals surface area contributed by atoms with Gasteiger partial charge in [-0.15, -0.1) is 10.2 Å². The maximum absolute atomic E-state index is 12.6. The summed E-state index contributed by atoms with van der Waals surface area (Å²) in [6.45, 7) is 0. The van der Waals surface area contributed by atoms with Crippen LogP contribution in [0.1, 0.15) is 10.4 Å². The molecule has 6 heteroatoms. The molecule has 0 saturated carbocycles. The third-order valence-electron chi connectivity index (χ3n) is 4.37. The van der Waals surface area contributed by atoms with Crippen molar-refractivity contribution in [2.24, 2.45) is 0 Å². The number of benzene rings is 3. The zero-order valence-electron chi connectivity index (χ0n) is 16.3. The van der Waals surface area contributed by atoms with E-state index in [9.17, 15) is 4.79 Å². The first-order valence-electron chi connectivity index (χ1n) is 9.34. The zero-order valence-corrected chi connectivity index (χ0v) is 16.3. The van der Waals surface area contributed by atoms with Gasteiger partial charge in [0.15, 0.2) is 0 Å². The quantitative estimate of drug-likeness (QED) is 0.484. The minimum Gasteiger partial charge on any atom is -0.497 e. The third-order valence-corrected chi connectivity index (χ3v) is 4.37. The molecular weight excluding hydrogens is 378 g/mol. The number of hydrogen-bond acceptors (Lipinski definition) is 5. The number of anilines is 1. The molecule has 1 heterocycles. The van der Waals surface area contributed by atoms with Gasteiger partial charge in [0, 0.05) is 22.9 Å². The van der Waals surface area contributed by atoms with Crippen molar-refractivity contribution < 1.29 is 14.3 Å². The highest BCUT2D eigenvalue weighted by molar-refractivity contribution is 6.04. The van der Waals surface area contributed by atoms with E-state index in [4.69, 9.17) is 9.47 Å². The topological polar surface area (TPSA) is 73.3 Å². The number of carbonyl (C=O) groups excluding carboxylic acids is 1. The van der Waals surface area contributed by atoms with Crippen molar-refractivity contribution in [3.63, 3.8) is 0 Å². The molecule has 1 N–H and O–H groups in total. The Morgan fingerprint density at radius 2 is 1.60 bits per heavy atom. The summed E-state index contributed by atoms with van der Waals surface area (Å²) in [4.78, 5) is 12.6. The molecule has 6 nitrogen and oxygen atoms in total. The lowest BCUT2D eigenvalue weighted by atomic mass is 10.1. The van der Waals surface area contributed by atoms with Crippen LogP contribution in [0.3, 0.4) is 0 Å². The molecule has 0 unspecified atom stereocenters. The van der Waals surface area contributed by atoms with Gasteiger partial charge in [0.05, 0.1) is 12.8 Å². The normalized spacial score (nSPS) is 10.3. The SMILES string of the molecule is COc1ccc(NC(=O)c2cccc(-c3ccc(Oc4ccccc4)nn3)c2)cc1. The monoisotopic (exact) mass is 397 g/mol. The number of aromatic nitrogens is 2. The molecule has 0 radical (unpaired) electrons. The highest BCUT2D eigenvalue weighted by Gasteiger charge is 2.09. The summed E-state index contributed by atoms with van der Waals surface area (Å²) in [5.41, 5.74) is 2.65. The molecule has 4 aromatic rings. The molecule has 30 heavy (non-hydrogen) atoms. The smallest absolute Gasteiger partial charge is 0.255 e. The van der Waals surface area contributed by atoms with E-state index in [0.29, 0.717) is 28.6 Å². The second-order valence-electron chi connectivity index (χ2n) is 6.44. The average molecular weight is 397 g/mol. The zero-order chi connectivity index (χ0) is 20.8. The first kappa shape index (κ1) is 19.1. The molecule has 1 amide bonds. The second-order valence-corrected chi connectivity index (χ2v) is 6.44. The fourth-order valence-electron chi connectivity index (χ4n) is 2.84. The van der Waals surface area contributed by atoms with E-state index in [1.807, 2.05) is 48.5 Å². The van der Waals surface area contributed by atoms with Gasteiger partial charge in [-0.05, 0) is 54.6 Å². The summed E-state index contributed by atoms with van der Waals surface area (Å²) < 4.78 is 10.8. The molecule has 0 aliphatic heterocycles. The second kappa shape index (κ2) is 8.87. The van der Waals surface area contributed by atoms with Crippen LogP contribution in [-0.4, -0.2) is 23.2 Å². The van der Waals surface area contributed by atoms with Gasteiger partial charge < -0.3 is 14.8 Å². The molecule has 0 spiro atoms. The lowest BCUT2D eigenvalue weighted by Gasteiger charge is -2.08. The maximum atomic E-state index is 12.6. The first-order valence-corrected chi connectivity index (χ1v) is 9.34. The van der Waals surface area contributed by atoms with Gasteiger partial charge in [0.2, 0.25) is 5.88 Å². The number of methoxy groups -OCH3 is 1. The molecule has 1 aromatic heterocycles. The number of carbonyl (C=O) groups is 1. The Hall–Kier alpha value is -4.19. The predicted octanol–water partition coefficient (Wildman–Crippen LogP) is 5.20. The number of hydrogen-bond donors (Lipinski definition) is 1. The Labute approximate surface area is 174 Å². The van der Waals surface area contributed by atoms with Crippen LogP contribution in [0.2, 0.25) is 0 Å². The number of para-hydroxylation sites is 1. The van der Waals surface area contributed by atoms with Crippen molar-refractivity contribution in [2.45, 2.75) is 0 Å². The van der Waals surface area contributed by atoms with Crippen LogP contribution < -0.4 is 14.8 Å². The van der Waals surface area contributed by atoms with Crippen LogP contribution in [-0.2, 0) is 0 Å². The largest absolute Gasteiger partial charge is 0.497 e. The lowest BCUT2D eigenvalue weighted by Crippen LogP contribution is -2.11. The third kappa shape index (κ3) is 4.62. The van der Waals surface area contributed by atoms with Crippen LogP contribution in [0.25, 0.3) is 11.3 Å².